The van der Waals surface area contributed by atoms with E-state index in [0.29, 0.717) is 12.5 Å². The molecule has 2 rings (SSSR count). The van der Waals surface area contributed by atoms with E-state index in [2.05, 4.69) is 31.0 Å². The highest BCUT2D eigenvalue weighted by molar-refractivity contribution is 5.93. The third kappa shape index (κ3) is 3.86. The van der Waals surface area contributed by atoms with Gasteiger partial charge in [-0.1, -0.05) is 32.1 Å². The lowest BCUT2D eigenvalue weighted by Crippen LogP contribution is -2.25. The Morgan fingerprint density at radius 2 is 2.24 bits per heavy atom. The summed E-state index contributed by atoms with van der Waals surface area (Å²) in [5.74, 6) is 6.70. The van der Waals surface area contributed by atoms with Gasteiger partial charge in [0.1, 0.15) is 0 Å². The first-order chi connectivity index (χ1) is 10.2. The molecular weight excluding hydrogens is 260 g/mol. The number of rotatable bonds is 3. The van der Waals surface area contributed by atoms with Crippen molar-refractivity contribution in [1.29, 1.82) is 0 Å². The fourth-order valence-electron chi connectivity index (χ4n) is 3.00. The van der Waals surface area contributed by atoms with E-state index in [1.807, 2.05) is 18.2 Å². The molecule has 0 saturated heterocycles. The molecule has 1 aliphatic rings. The summed E-state index contributed by atoms with van der Waals surface area (Å²) in [5.41, 5.74) is 8.38. The Labute approximate surface area is 127 Å². The van der Waals surface area contributed by atoms with Crippen LogP contribution in [0.15, 0.2) is 18.2 Å². The number of hydrogen-bond acceptors (Lipinski definition) is 2. The number of anilines is 1. The second kappa shape index (κ2) is 7.28. The second-order valence-electron chi connectivity index (χ2n) is 5.74. The highest BCUT2D eigenvalue weighted by atomic mass is 16.1. The molecule has 3 nitrogen and oxygen atoms in total. The molecule has 1 fully saturated rings. The molecule has 0 radical (unpaired) electrons. The highest BCUT2D eigenvalue weighted by Crippen LogP contribution is 2.32. The van der Waals surface area contributed by atoms with Gasteiger partial charge in [0, 0.05) is 17.2 Å². The SMILES string of the molecule is CCc1cc(C#CCN)ccc1NC(=O)C1CCCC1C. The molecule has 1 aromatic rings. The van der Waals surface area contributed by atoms with E-state index < -0.39 is 0 Å². The lowest BCUT2D eigenvalue weighted by atomic mass is 9.97. The van der Waals surface area contributed by atoms with E-state index in [9.17, 15) is 4.79 Å². The van der Waals surface area contributed by atoms with Crippen LogP contribution in [0.1, 0.15) is 44.2 Å². The summed E-state index contributed by atoms with van der Waals surface area (Å²) >= 11 is 0. The molecule has 1 aromatic carbocycles. The van der Waals surface area contributed by atoms with Crippen molar-refractivity contribution in [2.45, 2.75) is 39.5 Å². The van der Waals surface area contributed by atoms with Gasteiger partial charge in [0.05, 0.1) is 6.54 Å². The van der Waals surface area contributed by atoms with E-state index in [4.69, 9.17) is 5.73 Å². The first kappa shape index (κ1) is 15.6. The minimum atomic E-state index is 0.159. The maximum absolute atomic E-state index is 12.4. The van der Waals surface area contributed by atoms with Gasteiger partial charge in [-0.3, -0.25) is 4.79 Å². The summed E-state index contributed by atoms with van der Waals surface area (Å²) in [4.78, 5) is 12.4. The average Bonchev–Trinajstić information content (AvgIpc) is 2.92. The van der Waals surface area contributed by atoms with Gasteiger partial charge < -0.3 is 11.1 Å². The molecular formula is C18H24N2O. The Hall–Kier alpha value is -1.79. The number of carbonyl (C=O) groups excluding carboxylic acids is 1. The minimum absolute atomic E-state index is 0.159. The third-order valence-corrected chi connectivity index (χ3v) is 4.28. The molecule has 0 bridgehead atoms. The molecule has 0 aromatic heterocycles. The summed E-state index contributed by atoms with van der Waals surface area (Å²) in [6.07, 6.45) is 4.20. The zero-order valence-electron chi connectivity index (χ0n) is 12.9. The number of carbonyl (C=O) groups is 1. The topological polar surface area (TPSA) is 55.1 Å². The summed E-state index contributed by atoms with van der Waals surface area (Å²) in [5, 5.41) is 3.11. The van der Waals surface area contributed by atoms with E-state index >= 15 is 0 Å². The van der Waals surface area contributed by atoms with Crippen LogP contribution in [-0.2, 0) is 11.2 Å². The second-order valence-corrected chi connectivity index (χ2v) is 5.74. The average molecular weight is 284 g/mol. The summed E-state index contributed by atoms with van der Waals surface area (Å²) in [6.45, 7) is 4.62. The summed E-state index contributed by atoms with van der Waals surface area (Å²) in [6, 6.07) is 5.93. The smallest absolute Gasteiger partial charge is 0.227 e. The van der Waals surface area contributed by atoms with E-state index in [0.717, 1.165) is 42.5 Å². The van der Waals surface area contributed by atoms with Crippen molar-refractivity contribution in [3.8, 4) is 11.8 Å². The van der Waals surface area contributed by atoms with Crippen LogP contribution in [0.2, 0.25) is 0 Å². The van der Waals surface area contributed by atoms with Gasteiger partial charge >= 0.3 is 0 Å². The van der Waals surface area contributed by atoms with Gasteiger partial charge in [-0.2, -0.15) is 0 Å². The highest BCUT2D eigenvalue weighted by Gasteiger charge is 2.29. The third-order valence-electron chi connectivity index (χ3n) is 4.28. The molecule has 3 heteroatoms. The molecule has 21 heavy (non-hydrogen) atoms. The molecule has 0 spiro atoms. The van der Waals surface area contributed by atoms with Crippen molar-refractivity contribution < 1.29 is 4.79 Å². The maximum atomic E-state index is 12.4. The number of benzene rings is 1. The van der Waals surface area contributed by atoms with Crippen LogP contribution in [0.4, 0.5) is 5.69 Å². The molecule has 1 amide bonds. The largest absolute Gasteiger partial charge is 0.326 e. The number of aryl methyl sites for hydroxylation is 1. The van der Waals surface area contributed by atoms with Gasteiger partial charge in [0.15, 0.2) is 0 Å². The van der Waals surface area contributed by atoms with Crippen molar-refractivity contribution in [1.82, 2.24) is 0 Å². The van der Waals surface area contributed by atoms with Crippen molar-refractivity contribution >= 4 is 11.6 Å². The van der Waals surface area contributed by atoms with Crippen molar-refractivity contribution in [3.63, 3.8) is 0 Å². The molecule has 2 atom stereocenters. The molecule has 3 N–H and O–H groups in total. The van der Waals surface area contributed by atoms with E-state index in [1.54, 1.807) is 0 Å². The number of nitrogens with one attached hydrogen (secondary N) is 1. The summed E-state index contributed by atoms with van der Waals surface area (Å²) in [7, 11) is 0. The van der Waals surface area contributed by atoms with Gasteiger partial charge in [-0.05, 0) is 48.9 Å². The van der Waals surface area contributed by atoms with Gasteiger partial charge in [-0.15, -0.1) is 0 Å². The van der Waals surface area contributed by atoms with Crippen molar-refractivity contribution in [2.75, 3.05) is 11.9 Å². The Bertz CT molecular complexity index is 568. The predicted molar refractivity (Wildman–Crippen MR) is 86.9 cm³/mol. The van der Waals surface area contributed by atoms with E-state index in [-0.39, 0.29) is 11.8 Å². The number of amides is 1. The minimum Gasteiger partial charge on any atom is -0.326 e. The molecule has 112 valence electrons. The molecule has 1 aliphatic carbocycles. The molecule has 0 heterocycles. The zero-order valence-corrected chi connectivity index (χ0v) is 12.9. The van der Waals surface area contributed by atoms with E-state index in [1.165, 1.54) is 0 Å². The first-order valence-corrected chi connectivity index (χ1v) is 7.78. The Kier molecular flexibility index (Phi) is 5.41. The monoisotopic (exact) mass is 284 g/mol. The Morgan fingerprint density at radius 3 is 2.86 bits per heavy atom. The predicted octanol–water partition coefficient (Wildman–Crippen LogP) is 2.93. The van der Waals surface area contributed by atoms with Crippen LogP contribution >= 0.6 is 0 Å². The Morgan fingerprint density at radius 1 is 1.43 bits per heavy atom. The fourth-order valence-corrected chi connectivity index (χ4v) is 3.00. The Balaban J connectivity index is 2.14. The number of nitrogens with two attached hydrogens (primary N) is 1. The summed E-state index contributed by atoms with van der Waals surface area (Å²) < 4.78 is 0. The van der Waals surface area contributed by atoms with Crippen LogP contribution in [-0.4, -0.2) is 12.5 Å². The maximum Gasteiger partial charge on any atom is 0.227 e. The van der Waals surface area contributed by atoms with Gasteiger partial charge in [-0.25, -0.2) is 0 Å². The van der Waals surface area contributed by atoms with Gasteiger partial charge in [0.2, 0.25) is 5.91 Å². The van der Waals surface area contributed by atoms with Crippen molar-refractivity contribution in [2.24, 2.45) is 17.6 Å². The van der Waals surface area contributed by atoms with Crippen LogP contribution in [0.25, 0.3) is 0 Å². The molecule has 2 unspecified atom stereocenters. The molecule has 0 aliphatic heterocycles. The quantitative estimate of drug-likeness (QED) is 0.839. The van der Waals surface area contributed by atoms with Gasteiger partial charge in [0.25, 0.3) is 0 Å². The van der Waals surface area contributed by atoms with Crippen LogP contribution in [0.3, 0.4) is 0 Å². The lowest BCUT2D eigenvalue weighted by molar-refractivity contribution is -0.120. The zero-order chi connectivity index (χ0) is 15.2. The van der Waals surface area contributed by atoms with Crippen LogP contribution < -0.4 is 11.1 Å². The normalized spacial score (nSPS) is 20.7. The first-order valence-electron chi connectivity index (χ1n) is 7.78. The standard InChI is InChI=1S/C18H24N2O/c1-3-15-12-14(7-5-11-19)9-10-17(15)20-18(21)16-8-4-6-13(16)2/h9-10,12-13,16H,3-4,6,8,11,19H2,1-2H3,(H,20,21). The van der Waals surface area contributed by atoms with Crippen LogP contribution in [0.5, 0.6) is 0 Å². The number of hydrogen-bond donors (Lipinski definition) is 2. The fraction of sp³-hybridized carbons (Fsp3) is 0.500. The van der Waals surface area contributed by atoms with Crippen LogP contribution in [0, 0.1) is 23.7 Å². The lowest BCUT2D eigenvalue weighted by Gasteiger charge is -2.17. The molecule has 1 saturated carbocycles. The van der Waals surface area contributed by atoms with Crippen molar-refractivity contribution in [3.05, 3.63) is 29.3 Å².